The maximum absolute atomic E-state index is 12.9. The van der Waals surface area contributed by atoms with E-state index >= 15 is 0 Å². The minimum absolute atomic E-state index is 0.209. The Hall–Kier alpha value is -3.38. The zero-order valence-electron chi connectivity index (χ0n) is 14.2. The van der Waals surface area contributed by atoms with Crippen LogP contribution in [0, 0.1) is 0 Å². The molecule has 0 aliphatic carbocycles. The lowest BCUT2D eigenvalue weighted by molar-refractivity contribution is 0.0478. The van der Waals surface area contributed by atoms with E-state index in [9.17, 15) is 14.4 Å². The summed E-state index contributed by atoms with van der Waals surface area (Å²) < 4.78 is 5.16. The van der Waals surface area contributed by atoms with Crippen LogP contribution in [0.15, 0.2) is 54.6 Å². The second-order valence-corrected chi connectivity index (χ2v) is 6.32. The topological polar surface area (TPSA) is 75.7 Å². The minimum Gasteiger partial charge on any atom is -0.496 e. The lowest BCUT2D eigenvalue weighted by Crippen LogP contribution is -2.51. The van der Waals surface area contributed by atoms with Crippen LogP contribution in [-0.4, -0.2) is 29.8 Å². The number of halogens is 1. The van der Waals surface area contributed by atoms with Crippen molar-refractivity contribution < 1.29 is 19.1 Å². The summed E-state index contributed by atoms with van der Waals surface area (Å²) in [5.74, 6) is -1.54. The second-order valence-electron chi connectivity index (χ2n) is 5.91. The van der Waals surface area contributed by atoms with Gasteiger partial charge >= 0.3 is 0 Å². The van der Waals surface area contributed by atoms with Crippen LogP contribution < -0.4 is 10.2 Å². The predicted octanol–water partition coefficient (Wildman–Crippen LogP) is 3.44. The molecule has 4 rings (SSSR count). The molecule has 134 valence electrons. The van der Waals surface area contributed by atoms with Gasteiger partial charge in [0.25, 0.3) is 17.7 Å². The van der Waals surface area contributed by atoms with E-state index in [1.165, 1.54) is 7.11 Å². The quantitative estimate of drug-likeness (QED) is 0.706. The van der Waals surface area contributed by atoms with Gasteiger partial charge in [0, 0.05) is 15.8 Å². The zero-order chi connectivity index (χ0) is 19.1. The third-order valence-electron chi connectivity index (χ3n) is 4.42. The molecule has 3 aromatic rings. The van der Waals surface area contributed by atoms with Crippen molar-refractivity contribution in [3.63, 3.8) is 0 Å². The summed E-state index contributed by atoms with van der Waals surface area (Å²) in [6.45, 7) is 0. The molecule has 27 heavy (non-hydrogen) atoms. The monoisotopic (exact) mass is 380 g/mol. The molecule has 0 saturated heterocycles. The lowest BCUT2D eigenvalue weighted by atomic mass is 9.95. The van der Waals surface area contributed by atoms with Crippen LogP contribution in [-0.2, 0) is 0 Å². The Labute approximate surface area is 159 Å². The molecule has 0 atom stereocenters. The number of hydrogen-bond acceptors (Lipinski definition) is 4. The number of benzene rings is 3. The Bertz CT molecular complexity index is 1100. The van der Waals surface area contributed by atoms with Gasteiger partial charge in [-0.2, -0.15) is 5.01 Å². The van der Waals surface area contributed by atoms with Crippen molar-refractivity contribution in [3.05, 3.63) is 76.3 Å². The average molecular weight is 381 g/mol. The van der Waals surface area contributed by atoms with E-state index in [0.29, 0.717) is 32.7 Å². The number of hydrogen-bond donors (Lipinski definition) is 1. The molecule has 0 aromatic heterocycles. The molecule has 1 aliphatic heterocycles. The van der Waals surface area contributed by atoms with Gasteiger partial charge in [-0.3, -0.25) is 19.8 Å². The van der Waals surface area contributed by atoms with Gasteiger partial charge in [0.1, 0.15) is 5.75 Å². The Morgan fingerprint density at radius 2 is 1.67 bits per heavy atom. The maximum Gasteiger partial charge on any atom is 0.280 e. The van der Waals surface area contributed by atoms with Gasteiger partial charge in [-0.05, 0) is 30.3 Å². The van der Waals surface area contributed by atoms with Gasteiger partial charge in [0.15, 0.2) is 0 Å². The summed E-state index contributed by atoms with van der Waals surface area (Å²) in [5, 5.41) is 2.27. The van der Waals surface area contributed by atoms with E-state index in [4.69, 9.17) is 16.3 Å². The molecular weight excluding hydrogens is 368 g/mol. The zero-order valence-corrected chi connectivity index (χ0v) is 14.9. The van der Waals surface area contributed by atoms with Gasteiger partial charge in [0.2, 0.25) is 0 Å². The molecule has 0 fully saturated rings. The fraction of sp³-hybridized carbons (Fsp3) is 0.0500. The fourth-order valence-electron chi connectivity index (χ4n) is 3.16. The SMILES string of the molecule is COc1ccccc1C(=O)NN1C(=O)c2cccc3c(Cl)ccc(c23)C1=O. The number of amides is 3. The van der Waals surface area contributed by atoms with Gasteiger partial charge in [0.05, 0.1) is 23.8 Å². The number of hydrazine groups is 1. The Balaban J connectivity index is 1.76. The van der Waals surface area contributed by atoms with Crippen molar-refractivity contribution in [2.45, 2.75) is 0 Å². The van der Waals surface area contributed by atoms with E-state index in [1.54, 1.807) is 54.6 Å². The summed E-state index contributed by atoms with van der Waals surface area (Å²) in [6, 6.07) is 14.7. The molecule has 0 bridgehead atoms. The first-order valence-electron chi connectivity index (χ1n) is 8.07. The highest BCUT2D eigenvalue weighted by atomic mass is 35.5. The first-order valence-corrected chi connectivity index (χ1v) is 8.44. The molecule has 7 heteroatoms. The number of carbonyl (C=O) groups is 3. The average Bonchev–Trinajstić information content (AvgIpc) is 2.70. The second kappa shape index (κ2) is 6.41. The van der Waals surface area contributed by atoms with Crippen molar-refractivity contribution in [1.82, 2.24) is 10.4 Å². The van der Waals surface area contributed by atoms with Crippen LogP contribution in [0.1, 0.15) is 31.1 Å². The van der Waals surface area contributed by atoms with E-state index in [1.807, 2.05) is 0 Å². The van der Waals surface area contributed by atoms with Gasteiger partial charge in [-0.1, -0.05) is 35.9 Å². The first kappa shape index (κ1) is 17.1. The largest absolute Gasteiger partial charge is 0.496 e. The number of nitrogens with zero attached hydrogens (tertiary/aromatic N) is 1. The standard InChI is InChI=1S/C20H13ClN2O4/c1-27-16-8-3-2-5-12(16)18(24)22-23-19(25)13-7-4-6-11-15(21)10-9-14(17(11)13)20(23)26/h2-10H,1H3,(H,22,24). The van der Waals surface area contributed by atoms with Crippen LogP contribution in [0.25, 0.3) is 10.8 Å². The highest BCUT2D eigenvalue weighted by molar-refractivity contribution is 6.38. The first-order chi connectivity index (χ1) is 13.0. The van der Waals surface area contributed by atoms with Crippen molar-refractivity contribution in [3.8, 4) is 5.75 Å². The number of rotatable bonds is 3. The van der Waals surface area contributed by atoms with Crippen LogP contribution >= 0.6 is 11.6 Å². The molecular formula is C20H13ClN2O4. The third kappa shape index (κ3) is 2.62. The summed E-state index contributed by atoms with van der Waals surface area (Å²) >= 11 is 6.19. The number of ether oxygens (including phenoxy) is 1. The summed E-state index contributed by atoms with van der Waals surface area (Å²) in [4.78, 5) is 38.4. The number of imide groups is 1. The van der Waals surface area contributed by atoms with Crippen molar-refractivity contribution >= 4 is 40.1 Å². The lowest BCUT2D eigenvalue weighted by Gasteiger charge is -2.27. The molecule has 1 aliphatic rings. The number of carbonyl (C=O) groups excluding carboxylic acids is 3. The molecule has 0 spiro atoms. The molecule has 0 saturated carbocycles. The third-order valence-corrected chi connectivity index (χ3v) is 4.75. The van der Waals surface area contributed by atoms with Crippen molar-refractivity contribution in [2.24, 2.45) is 0 Å². The Kier molecular flexibility index (Phi) is 4.05. The van der Waals surface area contributed by atoms with Crippen LogP contribution in [0.2, 0.25) is 5.02 Å². The smallest absolute Gasteiger partial charge is 0.280 e. The highest BCUT2D eigenvalue weighted by Gasteiger charge is 2.35. The fourth-order valence-corrected chi connectivity index (χ4v) is 3.38. The number of para-hydroxylation sites is 1. The molecule has 0 radical (unpaired) electrons. The molecule has 1 heterocycles. The summed E-state index contributed by atoms with van der Waals surface area (Å²) in [5.41, 5.74) is 3.19. The predicted molar refractivity (Wildman–Crippen MR) is 99.9 cm³/mol. The van der Waals surface area contributed by atoms with Crippen LogP contribution in [0.3, 0.4) is 0 Å². The summed E-state index contributed by atoms with van der Waals surface area (Å²) in [7, 11) is 1.43. The molecule has 1 N–H and O–H groups in total. The number of methoxy groups -OCH3 is 1. The van der Waals surface area contributed by atoms with Crippen LogP contribution in [0.5, 0.6) is 5.75 Å². The normalized spacial score (nSPS) is 13.0. The van der Waals surface area contributed by atoms with E-state index in [2.05, 4.69) is 5.43 Å². The number of nitrogens with one attached hydrogen (secondary N) is 1. The maximum atomic E-state index is 12.9. The highest BCUT2D eigenvalue weighted by Crippen LogP contribution is 2.33. The minimum atomic E-state index is -0.626. The molecule has 0 unspecified atom stereocenters. The van der Waals surface area contributed by atoms with Crippen molar-refractivity contribution in [2.75, 3.05) is 7.11 Å². The Morgan fingerprint density at radius 1 is 0.963 bits per heavy atom. The van der Waals surface area contributed by atoms with Gasteiger partial charge in [-0.15, -0.1) is 0 Å². The van der Waals surface area contributed by atoms with E-state index < -0.39 is 17.7 Å². The summed E-state index contributed by atoms with van der Waals surface area (Å²) in [6.07, 6.45) is 0. The van der Waals surface area contributed by atoms with E-state index in [0.717, 1.165) is 5.01 Å². The molecule has 6 nitrogen and oxygen atoms in total. The Morgan fingerprint density at radius 3 is 2.41 bits per heavy atom. The van der Waals surface area contributed by atoms with E-state index in [-0.39, 0.29) is 5.56 Å². The van der Waals surface area contributed by atoms with Gasteiger partial charge in [-0.25, -0.2) is 0 Å². The van der Waals surface area contributed by atoms with Crippen molar-refractivity contribution in [1.29, 1.82) is 0 Å². The molecule has 3 amide bonds. The molecule has 3 aromatic carbocycles. The van der Waals surface area contributed by atoms with Crippen LogP contribution in [0.4, 0.5) is 0 Å². The van der Waals surface area contributed by atoms with Gasteiger partial charge < -0.3 is 4.74 Å².